The number of amides is 1. The van der Waals surface area contributed by atoms with Crippen molar-refractivity contribution in [3.8, 4) is 0 Å². The second kappa shape index (κ2) is 8.67. The van der Waals surface area contributed by atoms with Gasteiger partial charge in [-0.15, -0.1) is 0 Å². The number of piperazine rings is 1. The monoisotopic (exact) mass is 499 g/mol. The van der Waals surface area contributed by atoms with Crippen molar-refractivity contribution in [2.45, 2.75) is 6.61 Å². The number of aliphatic hydroxyl groups excluding tert-OH is 1. The SMILES string of the molecule is C=CS(=O)(=O)N1CCN(C(=O)CNc2cc(I)c(Cl)cc2CO)CC1. The number of rotatable bonds is 6. The number of aliphatic hydroxyl groups is 1. The molecule has 1 heterocycles. The molecule has 1 saturated heterocycles. The van der Waals surface area contributed by atoms with Gasteiger partial charge in [-0.3, -0.25) is 4.79 Å². The molecule has 1 aromatic carbocycles. The lowest BCUT2D eigenvalue weighted by atomic mass is 10.2. The maximum Gasteiger partial charge on any atom is 0.241 e. The van der Waals surface area contributed by atoms with Crippen LogP contribution in [0.15, 0.2) is 24.1 Å². The number of hydrogen-bond donors (Lipinski definition) is 2. The van der Waals surface area contributed by atoms with Crippen molar-refractivity contribution in [3.63, 3.8) is 0 Å². The van der Waals surface area contributed by atoms with Crippen molar-refractivity contribution < 1.29 is 18.3 Å². The highest BCUT2D eigenvalue weighted by Crippen LogP contribution is 2.26. The van der Waals surface area contributed by atoms with Gasteiger partial charge in [-0.2, -0.15) is 4.31 Å². The summed E-state index contributed by atoms with van der Waals surface area (Å²) in [5, 5.41) is 13.9. The van der Waals surface area contributed by atoms with Crippen LogP contribution in [-0.4, -0.2) is 61.4 Å². The summed E-state index contributed by atoms with van der Waals surface area (Å²) in [6.07, 6.45) is 0. The third kappa shape index (κ3) is 5.07. The van der Waals surface area contributed by atoms with E-state index in [1.807, 2.05) is 0 Å². The molecule has 0 bridgehead atoms. The summed E-state index contributed by atoms with van der Waals surface area (Å²) in [4.78, 5) is 13.9. The van der Waals surface area contributed by atoms with Crippen LogP contribution in [0.5, 0.6) is 0 Å². The fraction of sp³-hybridized carbons (Fsp3) is 0.400. The first kappa shape index (κ1) is 20.4. The minimum atomic E-state index is -3.44. The zero-order valence-corrected chi connectivity index (χ0v) is 17.1. The molecule has 1 amide bonds. The van der Waals surface area contributed by atoms with E-state index in [0.29, 0.717) is 29.4 Å². The van der Waals surface area contributed by atoms with Crippen LogP contribution in [0.4, 0.5) is 5.69 Å². The Balaban J connectivity index is 1.94. The molecular weight excluding hydrogens is 481 g/mol. The molecule has 1 aromatic rings. The van der Waals surface area contributed by atoms with E-state index in [4.69, 9.17) is 11.6 Å². The summed E-state index contributed by atoms with van der Waals surface area (Å²) in [7, 11) is -3.44. The molecule has 1 aliphatic heterocycles. The number of anilines is 1. The molecule has 0 aromatic heterocycles. The van der Waals surface area contributed by atoms with Gasteiger partial charge in [0.1, 0.15) is 0 Å². The highest BCUT2D eigenvalue weighted by Gasteiger charge is 2.26. The van der Waals surface area contributed by atoms with Gasteiger partial charge in [0.25, 0.3) is 0 Å². The molecule has 138 valence electrons. The Bertz CT molecular complexity index is 764. The second-order valence-electron chi connectivity index (χ2n) is 5.43. The second-order valence-corrected chi connectivity index (χ2v) is 8.88. The van der Waals surface area contributed by atoms with Crippen LogP contribution in [0.2, 0.25) is 5.02 Å². The van der Waals surface area contributed by atoms with Gasteiger partial charge in [-0.1, -0.05) is 18.2 Å². The molecule has 2 rings (SSSR count). The number of halogens is 2. The molecule has 0 spiro atoms. The normalized spacial score (nSPS) is 15.9. The van der Waals surface area contributed by atoms with Crippen LogP contribution in [0.1, 0.15) is 5.56 Å². The third-order valence-electron chi connectivity index (χ3n) is 3.91. The highest BCUT2D eigenvalue weighted by molar-refractivity contribution is 14.1. The van der Waals surface area contributed by atoms with Gasteiger partial charge in [0.05, 0.1) is 18.2 Å². The van der Waals surface area contributed by atoms with E-state index < -0.39 is 10.0 Å². The minimum Gasteiger partial charge on any atom is -0.392 e. The van der Waals surface area contributed by atoms with E-state index in [1.165, 1.54) is 4.31 Å². The molecule has 1 aliphatic rings. The minimum absolute atomic E-state index is 0.0545. The van der Waals surface area contributed by atoms with Gasteiger partial charge in [0.2, 0.25) is 15.9 Å². The lowest BCUT2D eigenvalue weighted by molar-refractivity contribution is -0.130. The maximum atomic E-state index is 12.3. The molecule has 0 unspecified atom stereocenters. The highest BCUT2D eigenvalue weighted by atomic mass is 127. The Hall–Kier alpha value is -0.880. The average molecular weight is 500 g/mol. The van der Waals surface area contributed by atoms with Crippen LogP contribution < -0.4 is 5.32 Å². The number of benzene rings is 1. The summed E-state index contributed by atoms with van der Waals surface area (Å²) in [5.41, 5.74) is 1.26. The number of nitrogens with one attached hydrogen (secondary N) is 1. The first-order chi connectivity index (χ1) is 11.8. The predicted molar refractivity (Wildman–Crippen MR) is 106 cm³/mol. The molecule has 10 heteroatoms. The first-order valence-electron chi connectivity index (χ1n) is 7.51. The van der Waals surface area contributed by atoms with Crippen LogP contribution in [-0.2, 0) is 21.4 Å². The number of carbonyl (C=O) groups excluding carboxylic acids is 1. The standard InChI is InChI=1S/C15H19ClIN3O4S/c1-2-25(23,24)20-5-3-19(4-6-20)15(22)9-18-14-8-13(17)12(16)7-11(14)10-21/h2,7-8,18,21H,1,3-6,9-10H2. The van der Waals surface area contributed by atoms with Crippen molar-refractivity contribution in [1.82, 2.24) is 9.21 Å². The van der Waals surface area contributed by atoms with Gasteiger partial charge in [0, 0.05) is 46.4 Å². The number of hydrogen-bond acceptors (Lipinski definition) is 5. The Labute approximate surface area is 165 Å². The summed E-state index contributed by atoms with van der Waals surface area (Å²) >= 11 is 8.11. The molecule has 1 fully saturated rings. The van der Waals surface area contributed by atoms with E-state index in [9.17, 15) is 18.3 Å². The molecule has 2 N–H and O–H groups in total. The maximum absolute atomic E-state index is 12.3. The molecule has 0 aliphatic carbocycles. The Kier molecular flexibility index (Phi) is 7.09. The summed E-state index contributed by atoms with van der Waals surface area (Å²) in [6, 6.07) is 3.44. The number of sulfonamides is 1. The Morgan fingerprint density at radius 2 is 2.00 bits per heavy atom. The van der Waals surface area contributed by atoms with Crippen molar-refractivity contribution in [2.24, 2.45) is 0 Å². The van der Waals surface area contributed by atoms with Crippen molar-refractivity contribution in [2.75, 3.05) is 38.0 Å². The summed E-state index contributed by atoms with van der Waals surface area (Å²) in [5.74, 6) is -0.135. The smallest absolute Gasteiger partial charge is 0.241 e. The van der Waals surface area contributed by atoms with Crippen LogP contribution in [0.3, 0.4) is 0 Å². The molecule has 25 heavy (non-hydrogen) atoms. The number of carbonyl (C=O) groups is 1. The molecular formula is C15H19ClIN3O4S. The van der Waals surface area contributed by atoms with Gasteiger partial charge in [0.15, 0.2) is 0 Å². The van der Waals surface area contributed by atoms with Gasteiger partial charge >= 0.3 is 0 Å². The van der Waals surface area contributed by atoms with Gasteiger partial charge < -0.3 is 15.3 Å². The van der Waals surface area contributed by atoms with E-state index in [0.717, 1.165) is 8.98 Å². The lowest BCUT2D eigenvalue weighted by Crippen LogP contribution is -2.51. The Morgan fingerprint density at radius 3 is 2.56 bits per heavy atom. The van der Waals surface area contributed by atoms with Crippen LogP contribution in [0, 0.1) is 3.57 Å². The number of nitrogens with zero attached hydrogens (tertiary/aromatic N) is 2. The topological polar surface area (TPSA) is 90.0 Å². The van der Waals surface area contributed by atoms with E-state index in [-0.39, 0.29) is 32.1 Å². The Morgan fingerprint density at radius 1 is 1.36 bits per heavy atom. The summed E-state index contributed by atoms with van der Waals surface area (Å²) < 4.78 is 25.6. The third-order valence-corrected chi connectivity index (χ3v) is 6.94. The zero-order valence-electron chi connectivity index (χ0n) is 13.4. The first-order valence-corrected chi connectivity index (χ1v) is 10.5. The fourth-order valence-corrected chi connectivity index (χ4v) is 4.00. The molecule has 7 nitrogen and oxygen atoms in total. The quantitative estimate of drug-likeness (QED) is 0.579. The van der Waals surface area contributed by atoms with Gasteiger partial charge in [-0.05, 0) is 34.7 Å². The van der Waals surface area contributed by atoms with Crippen LogP contribution in [0.25, 0.3) is 0 Å². The zero-order chi connectivity index (χ0) is 18.6. The van der Waals surface area contributed by atoms with E-state index in [2.05, 4.69) is 34.5 Å². The van der Waals surface area contributed by atoms with Gasteiger partial charge in [-0.25, -0.2) is 8.42 Å². The average Bonchev–Trinajstić information content (AvgIpc) is 2.62. The largest absolute Gasteiger partial charge is 0.392 e. The van der Waals surface area contributed by atoms with E-state index in [1.54, 1.807) is 17.0 Å². The molecule has 0 saturated carbocycles. The van der Waals surface area contributed by atoms with Crippen molar-refractivity contribution in [3.05, 3.63) is 38.3 Å². The van der Waals surface area contributed by atoms with Crippen molar-refractivity contribution >= 4 is 55.8 Å². The molecule has 0 atom stereocenters. The van der Waals surface area contributed by atoms with Crippen LogP contribution >= 0.6 is 34.2 Å². The van der Waals surface area contributed by atoms with E-state index >= 15 is 0 Å². The predicted octanol–water partition coefficient (Wildman–Crippen LogP) is 1.47. The lowest BCUT2D eigenvalue weighted by Gasteiger charge is -2.33. The molecule has 0 radical (unpaired) electrons. The fourth-order valence-electron chi connectivity index (χ4n) is 2.46. The summed E-state index contributed by atoms with van der Waals surface area (Å²) in [6.45, 7) is 4.33. The van der Waals surface area contributed by atoms with Crippen molar-refractivity contribution in [1.29, 1.82) is 0 Å².